The third-order valence-electron chi connectivity index (χ3n) is 5.83. The Morgan fingerprint density at radius 1 is 1.20 bits per heavy atom. The molecule has 1 aromatic carbocycles. The van der Waals surface area contributed by atoms with Crippen molar-refractivity contribution >= 4 is 28.3 Å². The van der Waals surface area contributed by atoms with Gasteiger partial charge in [-0.05, 0) is 62.9 Å². The van der Waals surface area contributed by atoms with E-state index in [0.717, 1.165) is 65.6 Å². The van der Waals surface area contributed by atoms with Crippen molar-refractivity contribution in [3.63, 3.8) is 0 Å². The molecule has 1 aliphatic heterocycles. The summed E-state index contributed by atoms with van der Waals surface area (Å²) in [5.41, 5.74) is 4.19. The van der Waals surface area contributed by atoms with Crippen LogP contribution in [0, 0.1) is 12.8 Å². The highest BCUT2D eigenvalue weighted by Gasteiger charge is 2.23. The largest absolute Gasteiger partial charge is 0.490 e. The zero-order valence-electron chi connectivity index (χ0n) is 17.0. The minimum atomic E-state index is 0.105. The molecule has 0 amide bonds. The number of ether oxygens (including phenoxy) is 2. The van der Waals surface area contributed by atoms with Crippen LogP contribution in [-0.4, -0.2) is 38.7 Å². The molecule has 1 unspecified atom stereocenters. The number of halogens is 1. The Labute approximate surface area is 179 Å². The highest BCUT2D eigenvalue weighted by atomic mass is 35.5. The molecule has 0 bridgehead atoms. The number of aryl methyl sites for hydroxylation is 1. The number of nitrogens with zero attached hydrogens (tertiary/aromatic N) is 4. The molecule has 3 aromatic heterocycles. The molecule has 0 radical (unpaired) electrons. The zero-order chi connectivity index (χ0) is 20.7. The maximum atomic E-state index is 6.60. The highest BCUT2D eigenvalue weighted by Crippen LogP contribution is 2.34. The monoisotopic (exact) mass is 422 g/mol. The molecule has 1 fully saturated rings. The number of hydrogen-bond donors (Lipinski definition) is 0. The summed E-state index contributed by atoms with van der Waals surface area (Å²) in [5, 5.41) is 0.618. The van der Waals surface area contributed by atoms with Gasteiger partial charge in [-0.2, -0.15) is 0 Å². The van der Waals surface area contributed by atoms with Gasteiger partial charge < -0.3 is 9.47 Å². The fraction of sp³-hybridized carbons (Fsp3) is 0.348. The Kier molecular flexibility index (Phi) is 5.05. The Hall–Kier alpha value is -2.70. The van der Waals surface area contributed by atoms with Crippen molar-refractivity contribution in [3.8, 4) is 17.1 Å². The summed E-state index contributed by atoms with van der Waals surface area (Å²) in [4.78, 5) is 13.9. The molecule has 1 aliphatic rings. The van der Waals surface area contributed by atoms with Crippen LogP contribution in [0.15, 0.2) is 42.7 Å². The van der Waals surface area contributed by atoms with E-state index in [1.165, 1.54) is 0 Å². The van der Waals surface area contributed by atoms with Crippen LogP contribution in [0.3, 0.4) is 0 Å². The van der Waals surface area contributed by atoms with E-state index in [0.29, 0.717) is 10.9 Å². The first-order valence-corrected chi connectivity index (χ1v) is 10.6. The van der Waals surface area contributed by atoms with Crippen molar-refractivity contribution in [3.05, 3.63) is 53.4 Å². The molecule has 0 aliphatic carbocycles. The van der Waals surface area contributed by atoms with Crippen molar-refractivity contribution in [2.75, 3.05) is 13.2 Å². The average molecular weight is 423 g/mol. The molecule has 4 aromatic rings. The molecule has 4 heterocycles. The molecule has 1 saturated heterocycles. The molecule has 7 heteroatoms. The van der Waals surface area contributed by atoms with E-state index < -0.39 is 0 Å². The Balaban J connectivity index is 1.57. The SMILES string of the molecule is Cc1nc2cccnc2n2c(-c3cc(OC(C)C4CCOCC4)ccc3Cl)ncc12. The van der Waals surface area contributed by atoms with E-state index in [1.807, 2.05) is 47.9 Å². The predicted molar refractivity (Wildman–Crippen MR) is 117 cm³/mol. The van der Waals surface area contributed by atoms with Crippen LogP contribution >= 0.6 is 11.6 Å². The molecule has 1 atom stereocenters. The van der Waals surface area contributed by atoms with Gasteiger partial charge in [-0.15, -0.1) is 0 Å². The van der Waals surface area contributed by atoms with Gasteiger partial charge in [-0.1, -0.05) is 11.6 Å². The summed E-state index contributed by atoms with van der Waals surface area (Å²) in [7, 11) is 0. The fourth-order valence-electron chi connectivity index (χ4n) is 4.14. The maximum absolute atomic E-state index is 6.60. The summed E-state index contributed by atoms with van der Waals surface area (Å²) in [6, 6.07) is 9.59. The van der Waals surface area contributed by atoms with Gasteiger partial charge in [0.15, 0.2) is 5.65 Å². The van der Waals surface area contributed by atoms with Gasteiger partial charge in [-0.25, -0.2) is 15.0 Å². The van der Waals surface area contributed by atoms with E-state index in [1.54, 1.807) is 6.20 Å². The molecule has 5 rings (SSSR count). The number of fused-ring (bicyclic) bond motifs is 3. The number of rotatable bonds is 4. The number of aromatic nitrogens is 4. The first-order valence-electron chi connectivity index (χ1n) is 10.2. The van der Waals surface area contributed by atoms with Gasteiger partial charge in [0.2, 0.25) is 0 Å². The van der Waals surface area contributed by atoms with Crippen LogP contribution in [0.5, 0.6) is 5.75 Å². The third kappa shape index (κ3) is 3.40. The summed E-state index contributed by atoms with van der Waals surface area (Å²) in [6.07, 6.45) is 5.74. The molecule has 6 nitrogen and oxygen atoms in total. The van der Waals surface area contributed by atoms with Crippen LogP contribution in [0.4, 0.5) is 0 Å². The second kappa shape index (κ2) is 7.85. The second-order valence-corrected chi connectivity index (χ2v) is 8.17. The lowest BCUT2D eigenvalue weighted by Gasteiger charge is -2.28. The lowest BCUT2D eigenvalue weighted by atomic mass is 9.95. The van der Waals surface area contributed by atoms with E-state index in [9.17, 15) is 0 Å². The van der Waals surface area contributed by atoms with Gasteiger partial charge in [0, 0.05) is 25.0 Å². The molecule has 0 saturated carbocycles. The highest BCUT2D eigenvalue weighted by molar-refractivity contribution is 6.33. The van der Waals surface area contributed by atoms with E-state index >= 15 is 0 Å². The average Bonchev–Trinajstić information content (AvgIpc) is 3.22. The van der Waals surface area contributed by atoms with Crippen LogP contribution in [0.2, 0.25) is 5.02 Å². The number of imidazole rings is 1. The third-order valence-corrected chi connectivity index (χ3v) is 6.16. The minimum absolute atomic E-state index is 0.105. The van der Waals surface area contributed by atoms with Crippen molar-refractivity contribution < 1.29 is 9.47 Å². The van der Waals surface area contributed by atoms with Gasteiger partial charge in [0.05, 0.1) is 28.5 Å². The second-order valence-electron chi connectivity index (χ2n) is 7.76. The van der Waals surface area contributed by atoms with Crippen LogP contribution < -0.4 is 4.74 Å². The maximum Gasteiger partial charge on any atom is 0.164 e. The van der Waals surface area contributed by atoms with E-state index in [-0.39, 0.29) is 6.10 Å². The summed E-state index contributed by atoms with van der Waals surface area (Å²) < 4.78 is 13.8. The first-order chi connectivity index (χ1) is 14.6. The van der Waals surface area contributed by atoms with Crippen molar-refractivity contribution in [1.82, 2.24) is 19.4 Å². The van der Waals surface area contributed by atoms with E-state index in [2.05, 4.69) is 21.9 Å². The van der Waals surface area contributed by atoms with Gasteiger partial charge in [0.1, 0.15) is 17.1 Å². The molecule has 0 spiro atoms. The summed E-state index contributed by atoms with van der Waals surface area (Å²) >= 11 is 6.60. The standard InChI is InChI=1S/C23H23ClN4O2/c1-14-21-13-26-22(28(21)23-20(27-14)4-3-9-25-23)18-12-17(5-6-19(18)24)30-15(2)16-7-10-29-11-8-16/h3-6,9,12-13,15-16H,7-8,10-11H2,1-2H3. The van der Waals surface area contributed by atoms with Crippen molar-refractivity contribution in [2.24, 2.45) is 5.92 Å². The molecular formula is C23H23ClN4O2. The number of pyridine rings is 1. The normalized spacial score (nSPS) is 16.2. The zero-order valence-corrected chi connectivity index (χ0v) is 17.8. The predicted octanol–water partition coefficient (Wildman–Crippen LogP) is 5.10. The quantitative estimate of drug-likeness (QED) is 0.458. The van der Waals surface area contributed by atoms with Gasteiger partial charge in [-0.3, -0.25) is 4.40 Å². The molecule has 30 heavy (non-hydrogen) atoms. The lowest BCUT2D eigenvalue weighted by molar-refractivity contribution is 0.0239. The first kappa shape index (κ1) is 19.3. The summed E-state index contributed by atoms with van der Waals surface area (Å²) in [5.74, 6) is 2.01. The number of benzene rings is 1. The smallest absolute Gasteiger partial charge is 0.164 e. The summed E-state index contributed by atoms with van der Waals surface area (Å²) in [6.45, 7) is 5.71. The van der Waals surface area contributed by atoms with Crippen LogP contribution in [0.25, 0.3) is 28.1 Å². The van der Waals surface area contributed by atoms with Crippen LogP contribution in [-0.2, 0) is 4.74 Å². The van der Waals surface area contributed by atoms with Gasteiger partial charge in [0.25, 0.3) is 0 Å². The van der Waals surface area contributed by atoms with E-state index in [4.69, 9.17) is 21.1 Å². The Morgan fingerprint density at radius 3 is 2.87 bits per heavy atom. The topological polar surface area (TPSA) is 61.5 Å². The van der Waals surface area contributed by atoms with Crippen molar-refractivity contribution in [2.45, 2.75) is 32.8 Å². The number of hydrogen-bond acceptors (Lipinski definition) is 5. The molecule has 154 valence electrons. The van der Waals surface area contributed by atoms with Gasteiger partial charge >= 0.3 is 0 Å². The molecule has 0 N–H and O–H groups in total. The minimum Gasteiger partial charge on any atom is -0.490 e. The Morgan fingerprint density at radius 2 is 2.03 bits per heavy atom. The fourth-order valence-corrected chi connectivity index (χ4v) is 4.34. The van der Waals surface area contributed by atoms with Crippen LogP contribution in [0.1, 0.15) is 25.5 Å². The van der Waals surface area contributed by atoms with Crippen molar-refractivity contribution in [1.29, 1.82) is 0 Å². The Bertz CT molecular complexity index is 1220. The lowest BCUT2D eigenvalue weighted by Crippen LogP contribution is -2.29. The molecular weight excluding hydrogens is 400 g/mol.